The second-order valence-electron chi connectivity index (χ2n) is 3.45. The Hall–Kier alpha value is -0.720. The number of hydrogen-bond acceptors (Lipinski definition) is 6. The molecule has 92 valence electrons. The molecule has 1 rings (SSSR count). The number of nitrogens with zero attached hydrogens (tertiary/aromatic N) is 2. The maximum absolute atomic E-state index is 5.31. The van der Waals surface area contributed by atoms with Crippen LogP contribution in [0.3, 0.4) is 0 Å². The zero-order chi connectivity index (χ0) is 11.6. The fourth-order valence-corrected chi connectivity index (χ4v) is 1.84. The van der Waals surface area contributed by atoms with E-state index in [-0.39, 0.29) is 0 Å². The molecule has 0 aliphatic heterocycles. The Morgan fingerprint density at radius 2 is 2.31 bits per heavy atom. The van der Waals surface area contributed by atoms with E-state index in [0.29, 0.717) is 13.2 Å². The third-order valence-corrected chi connectivity index (χ3v) is 2.66. The van der Waals surface area contributed by atoms with Gasteiger partial charge < -0.3 is 15.8 Å². The summed E-state index contributed by atoms with van der Waals surface area (Å²) in [7, 11) is 0. The van der Waals surface area contributed by atoms with E-state index in [1.54, 1.807) is 0 Å². The number of nitrogens with one attached hydrogen (secondary N) is 1. The van der Waals surface area contributed by atoms with Crippen LogP contribution >= 0.6 is 11.5 Å². The first-order valence-corrected chi connectivity index (χ1v) is 6.48. The summed E-state index contributed by atoms with van der Waals surface area (Å²) < 4.78 is 9.52. The van der Waals surface area contributed by atoms with Crippen molar-refractivity contribution in [2.75, 3.05) is 31.6 Å². The molecule has 0 atom stereocenters. The fraction of sp³-hybridized carbons (Fsp3) is 0.800. The van der Waals surface area contributed by atoms with Gasteiger partial charge in [0.25, 0.3) is 0 Å². The van der Waals surface area contributed by atoms with Crippen molar-refractivity contribution in [1.82, 2.24) is 9.36 Å². The lowest BCUT2D eigenvalue weighted by Crippen LogP contribution is -2.11. The lowest BCUT2D eigenvalue weighted by atomic mass is 10.3. The van der Waals surface area contributed by atoms with Crippen molar-refractivity contribution in [3.05, 3.63) is 5.82 Å². The molecular weight excluding hydrogens is 224 g/mol. The smallest absolute Gasteiger partial charge is 0.202 e. The highest BCUT2D eigenvalue weighted by Crippen LogP contribution is 2.11. The van der Waals surface area contributed by atoms with Crippen LogP contribution in [0.25, 0.3) is 0 Å². The molecular formula is C10H20N4OS. The van der Waals surface area contributed by atoms with Crippen molar-refractivity contribution in [1.29, 1.82) is 0 Å². The summed E-state index contributed by atoms with van der Waals surface area (Å²) >= 11 is 1.42. The second-order valence-corrected chi connectivity index (χ2v) is 4.20. The summed E-state index contributed by atoms with van der Waals surface area (Å²) in [5, 5.41) is 4.14. The van der Waals surface area contributed by atoms with Gasteiger partial charge in [-0.05, 0) is 12.8 Å². The highest BCUT2D eigenvalue weighted by atomic mass is 32.1. The summed E-state index contributed by atoms with van der Waals surface area (Å²) in [6.45, 7) is 4.96. The zero-order valence-corrected chi connectivity index (χ0v) is 10.6. The Kier molecular flexibility index (Phi) is 7.03. The minimum atomic E-state index is 0.588. The number of ether oxygens (including phenoxy) is 1. The molecule has 0 radical (unpaired) electrons. The van der Waals surface area contributed by atoms with Gasteiger partial charge in [0.2, 0.25) is 5.13 Å². The van der Waals surface area contributed by atoms with Crippen molar-refractivity contribution in [2.24, 2.45) is 5.73 Å². The SMILES string of the molecule is CCCc1nsc(NCCCOCCN)n1. The molecule has 0 unspecified atom stereocenters. The van der Waals surface area contributed by atoms with Crippen LogP contribution in [0.5, 0.6) is 0 Å². The van der Waals surface area contributed by atoms with Crippen molar-refractivity contribution in [3.8, 4) is 0 Å². The Bertz CT molecular complexity index is 280. The molecule has 3 N–H and O–H groups in total. The van der Waals surface area contributed by atoms with E-state index in [0.717, 1.165) is 43.4 Å². The van der Waals surface area contributed by atoms with Crippen molar-refractivity contribution >= 4 is 16.7 Å². The van der Waals surface area contributed by atoms with Crippen LogP contribution in [0.4, 0.5) is 5.13 Å². The van der Waals surface area contributed by atoms with E-state index < -0.39 is 0 Å². The highest BCUT2D eigenvalue weighted by Gasteiger charge is 2.01. The van der Waals surface area contributed by atoms with E-state index in [4.69, 9.17) is 10.5 Å². The van der Waals surface area contributed by atoms with Gasteiger partial charge in [0.1, 0.15) is 5.82 Å². The van der Waals surface area contributed by atoms with Gasteiger partial charge in [-0.3, -0.25) is 0 Å². The molecule has 0 saturated carbocycles. The lowest BCUT2D eigenvalue weighted by Gasteiger charge is -2.02. The summed E-state index contributed by atoms with van der Waals surface area (Å²) in [6.07, 6.45) is 3.00. The van der Waals surface area contributed by atoms with Gasteiger partial charge in [0.05, 0.1) is 6.61 Å². The zero-order valence-electron chi connectivity index (χ0n) is 9.74. The van der Waals surface area contributed by atoms with E-state index in [1.165, 1.54) is 11.5 Å². The van der Waals surface area contributed by atoms with Gasteiger partial charge in [0.15, 0.2) is 0 Å². The van der Waals surface area contributed by atoms with Gasteiger partial charge >= 0.3 is 0 Å². The monoisotopic (exact) mass is 244 g/mol. The van der Waals surface area contributed by atoms with Crippen LogP contribution in [-0.2, 0) is 11.2 Å². The standard InChI is InChI=1S/C10H20N4OS/c1-2-4-9-13-10(16-14-9)12-6-3-7-15-8-5-11/h2-8,11H2,1H3,(H,12,13,14). The Labute approximate surface area is 101 Å². The van der Waals surface area contributed by atoms with Gasteiger partial charge in [-0.25, -0.2) is 4.98 Å². The molecule has 0 bridgehead atoms. The lowest BCUT2D eigenvalue weighted by molar-refractivity contribution is 0.141. The third-order valence-electron chi connectivity index (χ3n) is 1.95. The Morgan fingerprint density at radius 3 is 3.06 bits per heavy atom. The molecule has 0 spiro atoms. The first kappa shape index (κ1) is 13.3. The first-order valence-electron chi connectivity index (χ1n) is 5.71. The molecule has 0 aliphatic carbocycles. The summed E-state index contributed by atoms with van der Waals surface area (Å²) in [6, 6.07) is 0. The molecule has 0 aromatic carbocycles. The molecule has 0 fully saturated rings. The maximum atomic E-state index is 5.31. The first-order chi connectivity index (χ1) is 7.86. The predicted octanol–water partition coefficient (Wildman–Crippen LogP) is 1.27. The van der Waals surface area contributed by atoms with E-state index in [1.807, 2.05) is 0 Å². The number of hydrogen-bond donors (Lipinski definition) is 2. The van der Waals surface area contributed by atoms with E-state index >= 15 is 0 Å². The van der Waals surface area contributed by atoms with Crippen LogP contribution in [0.15, 0.2) is 0 Å². The van der Waals surface area contributed by atoms with Crippen molar-refractivity contribution < 1.29 is 4.74 Å². The number of aromatic nitrogens is 2. The Balaban J connectivity index is 2.07. The van der Waals surface area contributed by atoms with Gasteiger partial charge in [-0.2, -0.15) is 4.37 Å². The van der Waals surface area contributed by atoms with Gasteiger partial charge in [-0.15, -0.1) is 0 Å². The number of anilines is 1. The van der Waals surface area contributed by atoms with Gasteiger partial charge in [0, 0.05) is 37.6 Å². The summed E-state index contributed by atoms with van der Waals surface area (Å²) in [5.74, 6) is 0.939. The van der Waals surface area contributed by atoms with Crippen LogP contribution < -0.4 is 11.1 Å². The Morgan fingerprint density at radius 1 is 1.44 bits per heavy atom. The normalized spacial score (nSPS) is 10.6. The molecule has 6 heteroatoms. The quantitative estimate of drug-likeness (QED) is 0.640. The molecule has 0 aliphatic rings. The van der Waals surface area contributed by atoms with Crippen LogP contribution in [0.1, 0.15) is 25.6 Å². The molecule has 1 heterocycles. The largest absolute Gasteiger partial charge is 0.380 e. The summed E-state index contributed by atoms with van der Waals surface area (Å²) in [5.41, 5.74) is 5.31. The minimum Gasteiger partial charge on any atom is -0.380 e. The van der Waals surface area contributed by atoms with Gasteiger partial charge in [-0.1, -0.05) is 6.92 Å². The number of aryl methyl sites for hydroxylation is 1. The molecule has 0 saturated heterocycles. The third kappa shape index (κ3) is 5.39. The average Bonchev–Trinajstić information content (AvgIpc) is 2.72. The van der Waals surface area contributed by atoms with Crippen LogP contribution in [0.2, 0.25) is 0 Å². The van der Waals surface area contributed by atoms with Crippen molar-refractivity contribution in [3.63, 3.8) is 0 Å². The predicted molar refractivity (Wildman–Crippen MR) is 66.9 cm³/mol. The average molecular weight is 244 g/mol. The maximum Gasteiger partial charge on any atom is 0.202 e. The summed E-state index contributed by atoms with van der Waals surface area (Å²) in [4.78, 5) is 4.37. The fourth-order valence-electron chi connectivity index (χ4n) is 1.21. The molecule has 5 nitrogen and oxygen atoms in total. The van der Waals surface area contributed by atoms with Crippen molar-refractivity contribution in [2.45, 2.75) is 26.2 Å². The minimum absolute atomic E-state index is 0.588. The second kappa shape index (κ2) is 8.43. The van der Waals surface area contributed by atoms with E-state index in [2.05, 4.69) is 21.6 Å². The van der Waals surface area contributed by atoms with E-state index in [9.17, 15) is 0 Å². The molecule has 1 aromatic rings. The molecule has 16 heavy (non-hydrogen) atoms. The highest BCUT2D eigenvalue weighted by molar-refractivity contribution is 7.09. The van der Waals surface area contributed by atoms with Crippen LogP contribution in [0, 0.1) is 0 Å². The molecule has 1 aromatic heterocycles. The molecule has 0 amide bonds. The van der Waals surface area contributed by atoms with Crippen LogP contribution in [-0.4, -0.2) is 35.7 Å². The topological polar surface area (TPSA) is 73.1 Å². The number of rotatable bonds is 9. The number of nitrogens with two attached hydrogens (primary N) is 1.